The standard InChI is InChI=1S/C17H19NO2/c1-3-13-11-15(8-9-16(13)18)14-6-4-12(5-7-14)10-17(19)20-2/h4-9,11H,3,10,18H2,1-2H3. The molecule has 0 fully saturated rings. The number of benzene rings is 2. The van der Waals surface area contributed by atoms with Gasteiger partial charge in [0.05, 0.1) is 13.5 Å². The molecule has 2 aromatic carbocycles. The van der Waals surface area contributed by atoms with E-state index in [0.717, 1.165) is 34.4 Å². The number of rotatable bonds is 4. The topological polar surface area (TPSA) is 52.3 Å². The second-order valence-corrected chi connectivity index (χ2v) is 4.72. The summed E-state index contributed by atoms with van der Waals surface area (Å²) in [7, 11) is 1.40. The van der Waals surface area contributed by atoms with Crippen LogP contribution in [0.4, 0.5) is 5.69 Å². The van der Waals surface area contributed by atoms with Crippen molar-refractivity contribution in [3.05, 3.63) is 53.6 Å². The molecule has 0 aliphatic rings. The SMILES string of the molecule is CCc1cc(-c2ccc(CC(=O)OC)cc2)ccc1N. The summed E-state index contributed by atoms with van der Waals surface area (Å²) in [6, 6.07) is 14.0. The monoisotopic (exact) mass is 269 g/mol. The summed E-state index contributed by atoms with van der Waals surface area (Å²) >= 11 is 0. The minimum atomic E-state index is -0.224. The van der Waals surface area contributed by atoms with Gasteiger partial charge in [-0.1, -0.05) is 37.3 Å². The highest BCUT2D eigenvalue weighted by molar-refractivity contribution is 5.73. The smallest absolute Gasteiger partial charge is 0.309 e. The lowest BCUT2D eigenvalue weighted by Crippen LogP contribution is -2.04. The van der Waals surface area contributed by atoms with E-state index in [0.29, 0.717) is 6.42 Å². The molecule has 0 heterocycles. The number of ether oxygens (including phenoxy) is 1. The molecule has 0 unspecified atom stereocenters. The zero-order valence-corrected chi connectivity index (χ0v) is 11.8. The maximum atomic E-state index is 11.2. The van der Waals surface area contributed by atoms with Crippen LogP contribution in [-0.2, 0) is 22.4 Å². The van der Waals surface area contributed by atoms with E-state index in [2.05, 4.69) is 17.7 Å². The van der Waals surface area contributed by atoms with E-state index in [1.165, 1.54) is 7.11 Å². The van der Waals surface area contributed by atoms with E-state index >= 15 is 0 Å². The van der Waals surface area contributed by atoms with Crippen LogP contribution in [0.2, 0.25) is 0 Å². The Labute approximate surface area is 119 Å². The fourth-order valence-electron chi connectivity index (χ4n) is 2.15. The van der Waals surface area contributed by atoms with Gasteiger partial charge < -0.3 is 10.5 Å². The van der Waals surface area contributed by atoms with Crippen molar-refractivity contribution in [2.75, 3.05) is 12.8 Å². The molecule has 3 nitrogen and oxygen atoms in total. The molecule has 0 aromatic heterocycles. The highest BCUT2D eigenvalue weighted by Crippen LogP contribution is 2.24. The summed E-state index contributed by atoms with van der Waals surface area (Å²) in [5.74, 6) is -0.224. The highest BCUT2D eigenvalue weighted by atomic mass is 16.5. The Bertz CT molecular complexity index is 603. The fourth-order valence-corrected chi connectivity index (χ4v) is 2.15. The predicted molar refractivity (Wildman–Crippen MR) is 81.4 cm³/mol. The molecule has 2 rings (SSSR count). The number of carbonyl (C=O) groups is 1. The van der Waals surface area contributed by atoms with Crippen LogP contribution in [0.25, 0.3) is 11.1 Å². The molecule has 0 aliphatic heterocycles. The van der Waals surface area contributed by atoms with Crippen molar-refractivity contribution < 1.29 is 9.53 Å². The zero-order chi connectivity index (χ0) is 14.5. The maximum Gasteiger partial charge on any atom is 0.309 e. The Balaban J connectivity index is 2.23. The highest BCUT2D eigenvalue weighted by Gasteiger charge is 2.05. The summed E-state index contributed by atoms with van der Waals surface area (Å²) in [6.45, 7) is 2.09. The van der Waals surface area contributed by atoms with Gasteiger partial charge in [-0.15, -0.1) is 0 Å². The predicted octanol–water partition coefficient (Wildman–Crippen LogP) is 3.21. The van der Waals surface area contributed by atoms with Crippen molar-refractivity contribution in [3.63, 3.8) is 0 Å². The second-order valence-electron chi connectivity index (χ2n) is 4.72. The number of methoxy groups -OCH3 is 1. The Kier molecular flexibility index (Phi) is 4.41. The molecule has 0 saturated carbocycles. The number of hydrogen-bond acceptors (Lipinski definition) is 3. The van der Waals surface area contributed by atoms with Gasteiger partial charge in [-0.05, 0) is 40.8 Å². The minimum Gasteiger partial charge on any atom is -0.469 e. The molecule has 0 amide bonds. The summed E-state index contributed by atoms with van der Waals surface area (Å²) in [6.07, 6.45) is 1.22. The van der Waals surface area contributed by atoms with Gasteiger partial charge in [0.1, 0.15) is 0 Å². The molecule has 2 aromatic rings. The number of anilines is 1. The van der Waals surface area contributed by atoms with Crippen LogP contribution in [0.1, 0.15) is 18.1 Å². The summed E-state index contributed by atoms with van der Waals surface area (Å²) in [4.78, 5) is 11.2. The molecule has 20 heavy (non-hydrogen) atoms. The Morgan fingerprint density at radius 3 is 2.35 bits per heavy atom. The van der Waals surface area contributed by atoms with Gasteiger partial charge in [0.2, 0.25) is 0 Å². The third kappa shape index (κ3) is 3.18. The molecule has 0 bridgehead atoms. The molecule has 0 aliphatic carbocycles. The maximum absolute atomic E-state index is 11.2. The molecule has 0 spiro atoms. The number of aryl methyl sites for hydroxylation is 1. The number of carbonyl (C=O) groups excluding carboxylic acids is 1. The van der Waals surface area contributed by atoms with Gasteiger partial charge in [0.25, 0.3) is 0 Å². The van der Waals surface area contributed by atoms with Crippen LogP contribution >= 0.6 is 0 Å². The lowest BCUT2D eigenvalue weighted by Gasteiger charge is -2.08. The number of hydrogen-bond donors (Lipinski definition) is 1. The first-order valence-corrected chi connectivity index (χ1v) is 6.68. The average molecular weight is 269 g/mol. The van der Waals surface area contributed by atoms with E-state index in [1.54, 1.807) is 0 Å². The van der Waals surface area contributed by atoms with E-state index in [1.807, 2.05) is 36.4 Å². The van der Waals surface area contributed by atoms with E-state index in [9.17, 15) is 4.79 Å². The van der Waals surface area contributed by atoms with Gasteiger partial charge in [-0.2, -0.15) is 0 Å². The fraction of sp³-hybridized carbons (Fsp3) is 0.235. The van der Waals surface area contributed by atoms with Gasteiger partial charge in [-0.25, -0.2) is 0 Å². The third-order valence-corrected chi connectivity index (χ3v) is 3.39. The van der Waals surface area contributed by atoms with Gasteiger partial charge in [0.15, 0.2) is 0 Å². The lowest BCUT2D eigenvalue weighted by molar-refractivity contribution is -0.139. The molecular formula is C17H19NO2. The van der Waals surface area contributed by atoms with Crippen LogP contribution in [0, 0.1) is 0 Å². The van der Waals surface area contributed by atoms with Crippen LogP contribution < -0.4 is 5.73 Å². The molecule has 104 valence electrons. The normalized spacial score (nSPS) is 10.3. The number of nitrogen functional groups attached to an aromatic ring is 1. The second kappa shape index (κ2) is 6.24. The Morgan fingerprint density at radius 1 is 1.10 bits per heavy atom. The van der Waals surface area contributed by atoms with Gasteiger partial charge in [-0.3, -0.25) is 4.79 Å². The molecule has 0 radical (unpaired) electrons. The summed E-state index contributed by atoms with van der Waals surface area (Å²) in [5.41, 5.74) is 11.1. The quantitative estimate of drug-likeness (QED) is 0.685. The molecule has 0 atom stereocenters. The molecule has 2 N–H and O–H groups in total. The van der Waals surface area contributed by atoms with Gasteiger partial charge in [0, 0.05) is 5.69 Å². The van der Waals surface area contributed by atoms with E-state index in [4.69, 9.17) is 5.73 Å². The number of nitrogens with two attached hydrogens (primary N) is 1. The van der Waals surface area contributed by atoms with E-state index in [-0.39, 0.29) is 5.97 Å². The van der Waals surface area contributed by atoms with Crippen LogP contribution in [0.5, 0.6) is 0 Å². The zero-order valence-electron chi connectivity index (χ0n) is 11.8. The van der Waals surface area contributed by atoms with Gasteiger partial charge >= 0.3 is 5.97 Å². The van der Waals surface area contributed by atoms with Crippen molar-refractivity contribution in [1.29, 1.82) is 0 Å². The lowest BCUT2D eigenvalue weighted by atomic mass is 9.99. The third-order valence-electron chi connectivity index (χ3n) is 3.39. The van der Waals surface area contributed by atoms with Crippen molar-refractivity contribution in [3.8, 4) is 11.1 Å². The molecular weight excluding hydrogens is 250 g/mol. The Hall–Kier alpha value is -2.29. The first-order chi connectivity index (χ1) is 9.63. The van der Waals surface area contributed by atoms with Crippen molar-refractivity contribution in [2.45, 2.75) is 19.8 Å². The van der Waals surface area contributed by atoms with Crippen molar-refractivity contribution in [2.24, 2.45) is 0 Å². The van der Waals surface area contributed by atoms with Crippen LogP contribution in [0.15, 0.2) is 42.5 Å². The minimum absolute atomic E-state index is 0.224. The molecule has 0 saturated heterocycles. The average Bonchev–Trinajstić information content (AvgIpc) is 2.48. The Morgan fingerprint density at radius 2 is 1.75 bits per heavy atom. The first-order valence-electron chi connectivity index (χ1n) is 6.68. The summed E-state index contributed by atoms with van der Waals surface area (Å²) < 4.78 is 4.66. The van der Waals surface area contributed by atoms with Crippen molar-refractivity contribution in [1.82, 2.24) is 0 Å². The largest absolute Gasteiger partial charge is 0.469 e. The van der Waals surface area contributed by atoms with E-state index < -0.39 is 0 Å². The first kappa shape index (κ1) is 14.1. The summed E-state index contributed by atoms with van der Waals surface area (Å²) in [5, 5.41) is 0. The molecule has 3 heteroatoms. The van der Waals surface area contributed by atoms with Crippen LogP contribution in [0.3, 0.4) is 0 Å². The van der Waals surface area contributed by atoms with Crippen LogP contribution in [-0.4, -0.2) is 13.1 Å². The van der Waals surface area contributed by atoms with Crippen molar-refractivity contribution >= 4 is 11.7 Å². The number of esters is 1.